The number of hydrogen-bond donors (Lipinski definition) is 2. The summed E-state index contributed by atoms with van der Waals surface area (Å²) in [7, 11) is 2.15. The van der Waals surface area contributed by atoms with Crippen molar-refractivity contribution in [1.29, 1.82) is 0 Å². The number of hydrogen-bond acceptors (Lipinski definition) is 5. The lowest BCUT2D eigenvalue weighted by molar-refractivity contribution is 0.0931. The van der Waals surface area contributed by atoms with Gasteiger partial charge in [-0.3, -0.25) is 4.79 Å². The molecule has 4 heterocycles. The minimum absolute atomic E-state index is 0.0218. The van der Waals surface area contributed by atoms with Crippen molar-refractivity contribution in [3.05, 3.63) is 29.8 Å². The molecule has 2 N–H and O–H groups in total. The van der Waals surface area contributed by atoms with Crippen LogP contribution in [-0.4, -0.2) is 62.2 Å². The van der Waals surface area contributed by atoms with Crippen molar-refractivity contribution in [3.8, 4) is 0 Å². The number of rotatable bonds is 3. The number of furan rings is 1. The number of carbonyl (C=O) groups excluding carboxylic acids is 1. The fourth-order valence-electron chi connectivity index (χ4n) is 4.59. The van der Waals surface area contributed by atoms with Crippen LogP contribution in [0, 0.1) is 0 Å². The Labute approximate surface area is 153 Å². The Morgan fingerprint density at radius 1 is 1.19 bits per heavy atom. The first-order valence-electron chi connectivity index (χ1n) is 9.70. The maximum Gasteiger partial charge on any atom is 0.251 e. The molecule has 2 bridgehead atoms. The van der Waals surface area contributed by atoms with E-state index in [9.17, 15) is 4.79 Å². The SMILES string of the molecule is CN1CCN(c2cc3cc(C(=O)N[C@@H]4C[C@H]5CC[C@@H]4N5)ccc3o2)CC1. The number of nitrogens with one attached hydrogen (secondary N) is 2. The monoisotopic (exact) mass is 354 g/mol. The Bertz CT molecular complexity index is 824. The van der Waals surface area contributed by atoms with Crippen LogP contribution in [0.2, 0.25) is 0 Å². The molecule has 26 heavy (non-hydrogen) atoms. The van der Waals surface area contributed by atoms with Crippen LogP contribution in [-0.2, 0) is 0 Å². The Kier molecular flexibility index (Phi) is 3.90. The summed E-state index contributed by atoms with van der Waals surface area (Å²) in [5, 5.41) is 7.78. The Morgan fingerprint density at radius 3 is 2.77 bits per heavy atom. The van der Waals surface area contributed by atoms with Gasteiger partial charge in [0.15, 0.2) is 5.88 Å². The van der Waals surface area contributed by atoms with E-state index in [-0.39, 0.29) is 11.9 Å². The number of piperazine rings is 1. The van der Waals surface area contributed by atoms with Crippen LogP contribution in [0.3, 0.4) is 0 Å². The second-order valence-corrected chi connectivity index (χ2v) is 7.99. The van der Waals surface area contributed by atoms with E-state index in [0.717, 1.165) is 49.5 Å². The summed E-state index contributed by atoms with van der Waals surface area (Å²) in [4.78, 5) is 17.3. The lowest BCUT2D eigenvalue weighted by Crippen LogP contribution is -2.44. The molecule has 0 aliphatic carbocycles. The highest BCUT2D eigenvalue weighted by Crippen LogP contribution is 2.30. The second-order valence-electron chi connectivity index (χ2n) is 7.99. The Morgan fingerprint density at radius 2 is 2.04 bits per heavy atom. The van der Waals surface area contributed by atoms with E-state index in [1.165, 1.54) is 12.8 Å². The quantitative estimate of drug-likeness (QED) is 0.880. The molecule has 2 aromatic rings. The van der Waals surface area contributed by atoms with E-state index in [1.54, 1.807) is 0 Å². The van der Waals surface area contributed by atoms with E-state index in [2.05, 4.69) is 33.5 Å². The highest BCUT2D eigenvalue weighted by atomic mass is 16.4. The summed E-state index contributed by atoms with van der Waals surface area (Å²) in [6.45, 7) is 4.03. The average Bonchev–Trinajstić information content (AvgIpc) is 3.36. The number of likely N-dealkylation sites (N-methyl/N-ethyl adjacent to an activating group) is 1. The third kappa shape index (κ3) is 2.87. The molecular formula is C20H26N4O2. The highest BCUT2D eigenvalue weighted by molar-refractivity contribution is 5.98. The lowest BCUT2D eigenvalue weighted by atomic mass is 9.95. The first-order valence-corrected chi connectivity index (χ1v) is 9.70. The molecule has 3 aliphatic rings. The number of nitrogens with zero attached hydrogens (tertiary/aromatic N) is 2. The van der Waals surface area contributed by atoms with Gasteiger partial charge in [-0.15, -0.1) is 0 Å². The third-order valence-electron chi connectivity index (χ3n) is 6.20. The number of carbonyl (C=O) groups is 1. The zero-order valence-electron chi connectivity index (χ0n) is 15.2. The molecule has 1 aromatic heterocycles. The molecule has 1 aromatic carbocycles. The van der Waals surface area contributed by atoms with Crippen LogP contribution in [0.25, 0.3) is 11.0 Å². The highest BCUT2D eigenvalue weighted by Gasteiger charge is 2.39. The van der Waals surface area contributed by atoms with Crippen LogP contribution >= 0.6 is 0 Å². The number of fused-ring (bicyclic) bond motifs is 3. The largest absolute Gasteiger partial charge is 0.441 e. The molecule has 3 saturated heterocycles. The zero-order valence-corrected chi connectivity index (χ0v) is 15.2. The van der Waals surface area contributed by atoms with E-state index < -0.39 is 0 Å². The first-order chi connectivity index (χ1) is 12.7. The van der Waals surface area contributed by atoms with Gasteiger partial charge in [-0.25, -0.2) is 0 Å². The molecule has 0 spiro atoms. The van der Waals surface area contributed by atoms with Crippen LogP contribution < -0.4 is 15.5 Å². The van der Waals surface area contributed by atoms with Crippen LogP contribution in [0.15, 0.2) is 28.7 Å². The van der Waals surface area contributed by atoms with Crippen LogP contribution in [0.1, 0.15) is 29.6 Å². The number of anilines is 1. The van der Waals surface area contributed by atoms with Crippen LogP contribution in [0.4, 0.5) is 5.88 Å². The van der Waals surface area contributed by atoms with Crippen molar-refractivity contribution >= 4 is 22.8 Å². The molecule has 5 rings (SSSR count). The first kappa shape index (κ1) is 16.1. The number of benzene rings is 1. The van der Waals surface area contributed by atoms with Crippen LogP contribution in [0.5, 0.6) is 0 Å². The standard InChI is InChI=1S/C20H26N4O2/c1-23-6-8-24(9-7-23)19-11-14-10-13(2-5-18(14)26-19)20(25)22-17-12-15-3-4-16(17)21-15/h2,5,10-11,15-17,21H,3-4,6-9,12H2,1H3,(H,22,25)/t15-,16+,17-/m1/s1. The van der Waals surface area contributed by atoms with Gasteiger partial charge in [0.05, 0.1) is 0 Å². The third-order valence-corrected chi connectivity index (χ3v) is 6.20. The molecule has 3 atom stereocenters. The second kappa shape index (κ2) is 6.28. The molecule has 0 radical (unpaired) electrons. The molecule has 6 nitrogen and oxygen atoms in total. The van der Waals surface area contributed by atoms with Gasteiger partial charge in [-0.2, -0.15) is 0 Å². The van der Waals surface area contributed by atoms with Crippen molar-refractivity contribution in [2.45, 2.75) is 37.4 Å². The van der Waals surface area contributed by atoms with Crippen molar-refractivity contribution in [2.24, 2.45) is 0 Å². The fourth-order valence-corrected chi connectivity index (χ4v) is 4.59. The van der Waals surface area contributed by atoms with Gasteiger partial charge in [0.2, 0.25) is 0 Å². The summed E-state index contributed by atoms with van der Waals surface area (Å²) in [6.07, 6.45) is 3.47. The van der Waals surface area contributed by atoms with Gasteiger partial charge in [0.1, 0.15) is 5.58 Å². The molecule has 0 unspecified atom stereocenters. The summed E-state index contributed by atoms with van der Waals surface area (Å²) in [5.41, 5.74) is 1.56. The lowest BCUT2D eigenvalue weighted by Gasteiger charge is -2.32. The van der Waals surface area contributed by atoms with Gasteiger partial charge < -0.3 is 24.9 Å². The zero-order chi connectivity index (χ0) is 17.7. The molecule has 3 fully saturated rings. The van der Waals surface area contributed by atoms with Gasteiger partial charge >= 0.3 is 0 Å². The normalized spacial score (nSPS) is 28.8. The molecular weight excluding hydrogens is 328 g/mol. The van der Waals surface area contributed by atoms with Gasteiger partial charge in [-0.05, 0) is 44.5 Å². The summed E-state index contributed by atoms with van der Waals surface area (Å²) >= 11 is 0. The van der Waals surface area contributed by atoms with E-state index >= 15 is 0 Å². The smallest absolute Gasteiger partial charge is 0.251 e. The maximum absolute atomic E-state index is 12.7. The molecule has 1 amide bonds. The minimum Gasteiger partial charge on any atom is -0.441 e. The van der Waals surface area contributed by atoms with E-state index in [4.69, 9.17) is 4.42 Å². The van der Waals surface area contributed by atoms with Gasteiger partial charge in [0.25, 0.3) is 5.91 Å². The van der Waals surface area contributed by atoms with Crippen molar-refractivity contribution < 1.29 is 9.21 Å². The summed E-state index contributed by atoms with van der Waals surface area (Å²) in [6, 6.07) is 9.11. The summed E-state index contributed by atoms with van der Waals surface area (Å²) in [5.74, 6) is 0.927. The van der Waals surface area contributed by atoms with E-state index in [1.807, 2.05) is 18.2 Å². The Balaban J connectivity index is 1.32. The summed E-state index contributed by atoms with van der Waals surface area (Å²) < 4.78 is 6.02. The molecule has 0 saturated carbocycles. The Hall–Kier alpha value is -2.05. The molecule has 3 aliphatic heterocycles. The molecule has 138 valence electrons. The maximum atomic E-state index is 12.7. The average molecular weight is 354 g/mol. The minimum atomic E-state index is 0.0218. The predicted molar refractivity (Wildman–Crippen MR) is 102 cm³/mol. The van der Waals surface area contributed by atoms with Gasteiger partial charge in [-0.1, -0.05) is 0 Å². The van der Waals surface area contributed by atoms with Crippen molar-refractivity contribution in [1.82, 2.24) is 15.5 Å². The van der Waals surface area contributed by atoms with Crippen molar-refractivity contribution in [3.63, 3.8) is 0 Å². The van der Waals surface area contributed by atoms with E-state index in [0.29, 0.717) is 17.6 Å². The fraction of sp³-hybridized carbons (Fsp3) is 0.550. The predicted octanol–water partition coefficient (Wildman–Crippen LogP) is 1.81. The topological polar surface area (TPSA) is 60.8 Å². The van der Waals surface area contributed by atoms with Crippen molar-refractivity contribution in [2.75, 3.05) is 38.1 Å². The number of amides is 1. The van der Waals surface area contributed by atoms with Gasteiger partial charge in [0, 0.05) is 61.3 Å². The molecule has 6 heteroatoms.